The molecule has 0 unspecified atom stereocenters. The monoisotopic (exact) mass is 224 g/mol. The largest absolute Gasteiger partial charge is 0.248 e. The van der Waals surface area contributed by atoms with E-state index in [0.29, 0.717) is 0 Å². The highest BCUT2D eigenvalue weighted by atomic mass is 14.7. The fraction of sp³-hybridized carbons (Fsp3) is 0.867. The molecule has 95 valence electrons. The van der Waals surface area contributed by atoms with Crippen LogP contribution in [0.15, 0.2) is 12.2 Å². The molecule has 1 radical (unpaired) electrons. The van der Waals surface area contributed by atoms with Crippen molar-refractivity contribution < 1.29 is 0 Å². The lowest BCUT2D eigenvalue weighted by Crippen LogP contribution is -2.16. The molecule has 0 saturated carbocycles. The Hall–Kier alpha value is -0.300. The molecule has 0 spiro atoms. The first-order chi connectivity index (χ1) is 7.56. The van der Waals surface area contributed by atoms with Crippen LogP contribution in [0.1, 0.15) is 78.6 Å². The zero-order chi connectivity index (χ0) is 12.3. The van der Waals surface area contributed by atoms with Crippen molar-refractivity contribution in [3.63, 3.8) is 0 Å². The first kappa shape index (κ1) is 15.7. The van der Waals surface area contributed by atoms with Gasteiger partial charge in [0.25, 0.3) is 0 Å². The second kappa shape index (κ2) is 9.89. The standard InChI is InChI=1S/C15H30N/c1-4-5-6-7-8-9-10-11-12-13-14-15(2,3)16/h13-14,16H,4-12H2,1-3H3. The van der Waals surface area contributed by atoms with Crippen LogP contribution in [0.5, 0.6) is 0 Å². The van der Waals surface area contributed by atoms with Crippen LogP contribution in [0, 0.1) is 0 Å². The number of hydrogen-bond acceptors (Lipinski definition) is 0. The summed E-state index contributed by atoms with van der Waals surface area (Å²) in [7, 11) is 0. The molecule has 0 aliphatic heterocycles. The average molecular weight is 224 g/mol. The molecular weight excluding hydrogens is 194 g/mol. The Morgan fingerprint density at radius 3 is 1.88 bits per heavy atom. The summed E-state index contributed by atoms with van der Waals surface area (Å²) in [6.45, 7) is 6.12. The van der Waals surface area contributed by atoms with Crippen molar-refractivity contribution in [1.29, 1.82) is 0 Å². The summed E-state index contributed by atoms with van der Waals surface area (Å²) < 4.78 is 0. The summed E-state index contributed by atoms with van der Waals surface area (Å²) >= 11 is 0. The first-order valence-corrected chi connectivity index (χ1v) is 6.99. The number of rotatable bonds is 10. The summed E-state index contributed by atoms with van der Waals surface area (Å²) in [4.78, 5) is 0. The van der Waals surface area contributed by atoms with Gasteiger partial charge in [0.05, 0.1) is 0 Å². The van der Waals surface area contributed by atoms with Gasteiger partial charge in [0.2, 0.25) is 0 Å². The van der Waals surface area contributed by atoms with Gasteiger partial charge in [0.1, 0.15) is 0 Å². The van der Waals surface area contributed by atoms with E-state index in [9.17, 15) is 0 Å². The minimum Gasteiger partial charge on any atom is -0.248 e. The van der Waals surface area contributed by atoms with Crippen molar-refractivity contribution in [1.82, 2.24) is 5.73 Å². The second-order valence-corrected chi connectivity index (χ2v) is 5.39. The normalized spacial score (nSPS) is 12.5. The van der Waals surface area contributed by atoms with Gasteiger partial charge in [-0.05, 0) is 26.7 Å². The maximum Gasteiger partial charge on any atom is 0.0446 e. The van der Waals surface area contributed by atoms with Gasteiger partial charge in [-0.15, -0.1) is 0 Å². The van der Waals surface area contributed by atoms with Crippen molar-refractivity contribution in [3.05, 3.63) is 12.2 Å². The van der Waals surface area contributed by atoms with Crippen molar-refractivity contribution >= 4 is 0 Å². The quantitative estimate of drug-likeness (QED) is 0.362. The maximum atomic E-state index is 7.66. The van der Waals surface area contributed by atoms with Gasteiger partial charge in [0.15, 0.2) is 0 Å². The molecule has 1 N–H and O–H groups in total. The van der Waals surface area contributed by atoms with Crippen LogP contribution >= 0.6 is 0 Å². The molecular formula is C15H30N. The van der Waals surface area contributed by atoms with E-state index in [4.69, 9.17) is 5.73 Å². The second-order valence-electron chi connectivity index (χ2n) is 5.39. The molecule has 16 heavy (non-hydrogen) atoms. The molecule has 1 nitrogen and oxygen atoms in total. The Morgan fingerprint density at radius 2 is 1.38 bits per heavy atom. The fourth-order valence-electron chi connectivity index (χ4n) is 1.77. The van der Waals surface area contributed by atoms with Gasteiger partial charge in [-0.25, -0.2) is 5.73 Å². The maximum absolute atomic E-state index is 7.66. The molecule has 0 aliphatic carbocycles. The van der Waals surface area contributed by atoms with Crippen molar-refractivity contribution in [2.75, 3.05) is 0 Å². The minimum atomic E-state index is -0.389. The van der Waals surface area contributed by atoms with Crippen LogP contribution < -0.4 is 5.73 Å². The molecule has 0 rings (SSSR count). The number of hydrogen-bond donors (Lipinski definition) is 0. The Bertz CT molecular complexity index is 165. The van der Waals surface area contributed by atoms with Crippen LogP contribution in [0.25, 0.3) is 0 Å². The fourth-order valence-corrected chi connectivity index (χ4v) is 1.77. The zero-order valence-electron chi connectivity index (χ0n) is 11.5. The van der Waals surface area contributed by atoms with Gasteiger partial charge in [-0.1, -0.05) is 64.0 Å². The lowest BCUT2D eigenvalue weighted by Gasteiger charge is -2.09. The molecule has 0 atom stereocenters. The third kappa shape index (κ3) is 13.7. The molecule has 0 aliphatic rings. The van der Waals surface area contributed by atoms with Crippen molar-refractivity contribution in [2.24, 2.45) is 0 Å². The lowest BCUT2D eigenvalue weighted by molar-refractivity contribution is 0.576. The smallest absolute Gasteiger partial charge is 0.0446 e. The van der Waals surface area contributed by atoms with E-state index in [-0.39, 0.29) is 5.54 Å². The highest BCUT2D eigenvalue weighted by Gasteiger charge is 2.03. The molecule has 0 amide bonds. The van der Waals surface area contributed by atoms with Crippen LogP contribution in [-0.4, -0.2) is 5.54 Å². The number of allylic oxidation sites excluding steroid dienone is 1. The van der Waals surface area contributed by atoms with Gasteiger partial charge in [-0.3, -0.25) is 0 Å². The van der Waals surface area contributed by atoms with Gasteiger partial charge in [-0.2, -0.15) is 0 Å². The van der Waals surface area contributed by atoms with Crippen LogP contribution in [0.3, 0.4) is 0 Å². The highest BCUT2D eigenvalue weighted by Crippen LogP contribution is 2.10. The third-order valence-electron chi connectivity index (χ3n) is 2.76. The topological polar surface area (TPSA) is 23.8 Å². The summed E-state index contributed by atoms with van der Waals surface area (Å²) in [5.41, 5.74) is 7.27. The van der Waals surface area contributed by atoms with Crippen LogP contribution in [-0.2, 0) is 0 Å². The Morgan fingerprint density at radius 1 is 0.875 bits per heavy atom. The first-order valence-electron chi connectivity index (χ1n) is 6.99. The third-order valence-corrected chi connectivity index (χ3v) is 2.76. The molecule has 0 fully saturated rings. The lowest BCUT2D eigenvalue weighted by atomic mass is 10.0. The van der Waals surface area contributed by atoms with E-state index in [1.807, 2.05) is 19.9 Å². The summed E-state index contributed by atoms with van der Waals surface area (Å²) in [5.74, 6) is 0. The van der Waals surface area contributed by atoms with Crippen LogP contribution in [0.2, 0.25) is 0 Å². The number of unbranched alkanes of at least 4 members (excludes halogenated alkanes) is 8. The molecule has 0 saturated heterocycles. The summed E-state index contributed by atoms with van der Waals surface area (Å²) in [6.07, 6.45) is 16.4. The summed E-state index contributed by atoms with van der Waals surface area (Å²) in [6, 6.07) is 0. The molecule has 0 aromatic rings. The Kier molecular flexibility index (Phi) is 9.71. The Labute approximate surface area is 102 Å². The molecule has 0 aromatic heterocycles. The molecule has 0 heterocycles. The van der Waals surface area contributed by atoms with Gasteiger partial charge >= 0.3 is 0 Å². The molecule has 1 heteroatoms. The molecule has 0 aromatic carbocycles. The van der Waals surface area contributed by atoms with Gasteiger partial charge < -0.3 is 0 Å². The van der Waals surface area contributed by atoms with E-state index < -0.39 is 0 Å². The van der Waals surface area contributed by atoms with E-state index in [1.165, 1.54) is 51.4 Å². The summed E-state index contributed by atoms with van der Waals surface area (Å²) in [5, 5.41) is 0. The molecule has 0 bridgehead atoms. The van der Waals surface area contributed by atoms with Crippen molar-refractivity contribution in [2.45, 2.75) is 84.1 Å². The van der Waals surface area contributed by atoms with E-state index >= 15 is 0 Å². The predicted molar refractivity (Wildman–Crippen MR) is 73.5 cm³/mol. The average Bonchev–Trinajstić information content (AvgIpc) is 2.19. The zero-order valence-corrected chi connectivity index (χ0v) is 11.5. The van der Waals surface area contributed by atoms with E-state index in [0.717, 1.165) is 6.42 Å². The van der Waals surface area contributed by atoms with Crippen molar-refractivity contribution in [3.8, 4) is 0 Å². The SMILES string of the molecule is CCCCCCCCCCC=CC(C)(C)[NH]. The predicted octanol–water partition coefficient (Wildman–Crippen LogP) is 5.13. The van der Waals surface area contributed by atoms with Crippen LogP contribution in [0.4, 0.5) is 0 Å². The Balaban J connectivity index is 3.13. The number of nitrogens with one attached hydrogen (secondary N) is 1. The van der Waals surface area contributed by atoms with E-state index in [2.05, 4.69) is 13.0 Å². The highest BCUT2D eigenvalue weighted by molar-refractivity contribution is 4.97. The van der Waals surface area contributed by atoms with E-state index in [1.54, 1.807) is 0 Å². The van der Waals surface area contributed by atoms with Gasteiger partial charge in [0, 0.05) is 5.54 Å². The minimum absolute atomic E-state index is 0.389.